The Labute approximate surface area is 103 Å². The SMILES string of the molecule is Cc1ccc(C(=O)NCC2CCCN2C)cc1. The summed E-state index contributed by atoms with van der Waals surface area (Å²) in [4.78, 5) is 14.2. The first-order valence-corrected chi connectivity index (χ1v) is 6.22. The van der Waals surface area contributed by atoms with Crippen LogP contribution in [0.5, 0.6) is 0 Å². The van der Waals surface area contributed by atoms with E-state index in [1.165, 1.54) is 18.4 Å². The maximum absolute atomic E-state index is 11.9. The van der Waals surface area contributed by atoms with Crippen molar-refractivity contribution in [2.45, 2.75) is 25.8 Å². The fraction of sp³-hybridized carbons (Fsp3) is 0.500. The van der Waals surface area contributed by atoms with E-state index in [0.717, 1.165) is 18.7 Å². The van der Waals surface area contributed by atoms with Crippen LogP contribution in [0.2, 0.25) is 0 Å². The van der Waals surface area contributed by atoms with Crippen LogP contribution in [0.15, 0.2) is 24.3 Å². The van der Waals surface area contributed by atoms with E-state index in [1.807, 2.05) is 31.2 Å². The van der Waals surface area contributed by atoms with Gasteiger partial charge in [0.25, 0.3) is 5.91 Å². The van der Waals surface area contributed by atoms with Gasteiger partial charge in [-0.1, -0.05) is 17.7 Å². The number of likely N-dealkylation sites (tertiary alicyclic amines) is 1. The smallest absolute Gasteiger partial charge is 0.251 e. The third-order valence-corrected chi connectivity index (χ3v) is 3.48. The highest BCUT2D eigenvalue weighted by Crippen LogP contribution is 2.13. The molecule has 92 valence electrons. The minimum absolute atomic E-state index is 0.0327. The van der Waals surface area contributed by atoms with Gasteiger partial charge in [-0.2, -0.15) is 0 Å². The lowest BCUT2D eigenvalue weighted by Crippen LogP contribution is -2.38. The van der Waals surface area contributed by atoms with Crippen LogP contribution in [0.3, 0.4) is 0 Å². The van der Waals surface area contributed by atoms with Gasteiger partial charge in [0, 0.05) is 18.2 Å². The molecular weight excluding hydrogens is 212 g/mol. The molecule has 1 aliphatic heterocycles. The van der Waals surface area contributed by atoms with Crippen molar-refractivity contribution in [1.29, 1.82) is 0 Å². The molecule has 1 amide bonds. The predicted octanol–water partition coefficient (Wildman–Crippen LogP) is 1.82. The summed E-state index contributed by atoms with van der Waals surface area (Å²) >= 11 is 0. The second kappa shape index (κ2) is 5.32. The van der Waals surface area contributed by atoms with Crippen molar-refractivity contribution < 1.29 is 4.79 Å². The number of nitrogens with one attached hydrogen (secondary N) is 1. The van der Waals surface area contributed by atoms with E-state index in [4.69, 9.17) is 0 Å². The second-order valence-corrected chi connectivity index (χ2v) is 4.85. The molecule has 1 atom stereocenters. The van der Waals surface area contributed by atoms with Crippen molar-refractivity contribution in [3.8, 4) is 0 Å². The van der Waals surface area contributed by atoms with Crippen molar-refractivity contribution in [2.75, 3.05) is 20.1 Å². The molecule has 3 heteroatoms. The molecular formula is C14H20N2O. The first kappa shape index (κ1) is 12.1. The first-order valence-electron chi connectivity index (χ1n) is 6.22. The molecule has 1 heterocycles. The number of hydrogen-bond acceptors (Lipinski definition) is 2. The lowest BCUT2D eigenvalue weighted by molar-refractivity contribution is 0.0943. The van der Waals surface area contributed by atoms with Gasteiger partial charge in [-0.05, 0) is 45.5 Å². The van der Waals surface area contributed by atoms with Gasteiger partial charge in [-0.25, -0.2) is 0 Å². The number of aryl methyl sites for hydroxylation is 1. The van der Waals surface area contributed by atoms with Crippen LogP contribution in [0.1, 0.15) is 28.8 Å². The Kier molecular flexibility index (Phi) is 3.79. The molecule has 0 bridgehead atoms. The molecule has 1 aromatic rings. The van der Waals surface area contributed by atoms with E-state index >= 15 is 0 Å². The zero-order valence-corrected chi connectivity index (χ0v) is 10.6. The summed E-state index contributed by atoms with van der Waals surface area (Å²) in [6.07, 6.45) is 2.42. The molecule has 0 spiro atoms. The number of benzene rings is 1. The van der Waals surface area contributed by atoms with Crippen molar-refractivity contribution in [3.05, 3.63) is 35.4 Å². The molecule has 1 fully saturated rings. The third kappa shape index (κ3) is 3.07. The summed E-state index contributed by atoms with van der Waals surface area (Å²) in [7, 11) is 2.12. The summed E-state index contributed by atoms with van der Waals surface area (Å²) in [6.45, 7) is 3.92. The quantitative estimate of drug-likeness (QED) is 0.862. The summed E-state index contributed by atoms with van der Waals surface area (Å²) in [5.74, 6) is 0.0327. The molecule has 0 aliphatic carbocycles. The van der Waals surface area contributed by atoms with Crippen LogP contribution in [0.4, 0.5) is 0 Å². The number of rotatable bonds is 3. The Morgan fingerprint density at radius 2 is 2.12 bits per heavy atom. The average Bonchev–Trinajstić information content (AvgIpc) is 2.73. The monoisotopic (exact) mass is 232 g/mol. The molecule has 0 saturated carbocycles. The number of carbonyl (C=O) groups is 1. The zero-order chi connectivity index (χ0) is 12.3. The van der Waals surface area contributed by atoms with E-state index in [2.05, 4.69) is 17.3 Å². The summed E-state index contributed by atoms with van der Waals surface area (Å²) in [5, 5.41) is 3.01. The van der Waals surface area contributed by atoms with Crippen molar-refractivity contribution in [3.63, 3.8) is 0 Å². The van der Waals surface area contributed by atoms with Gasteiger partial charge in [-0.15, -0.1) is 0 Å². The Balaban J connectivity index is 1.87. The Morgan fingerprint density at radius 3 is 2.71 bits per heavy atom. The summed E-state index contributed by atoms with van der Waals surface area (Å²) < 4.78 is 0. The van der Waals surface area contributed by atoms with Crippen LogP contribution in [-0.4, -0.2) is 37.0 Å². The number of nitrogens with zero attached hydrogens (tertiary/aromatic N) is 1. The van der Waals surface area contributed by atoms with Crippen LogP contribution < -0.4 is 5.32 Å². The summed E-state index contributed by atoms with van der Waals surface area (Å²) in [5.41, 5.74) is 1.92. The Hall–Kier alpha value is -1.35. The Morgan fingerprint density at radius 1 is 1.41 bits per heavy atom. The standard InChI is InChI=1S/C14H20N2O/c1-11-5-7-12(8-6-11)14(17)15-10-13-4-3-9-16(13)2/h5-8,13H,3-4,9-10H2,1-2H3,(H,15,17). The fourth-order valence-electron chi connectivity index (χ4n) is 2.25. The van der Waals surface area contributed by atoms with Gasteiger partial charge in [0.2, 0.25) is 0 Å². The van der Waals surface area contributed by atoms with Crippen molar-refractivity contribution in [1.82, 2.24) is 10.2 Å². The third-order valence-electron chi connectivity index (χ3n) is 3.48. The van der Waals surface area contributed by atoms with E-state index in [-0.39, 0.29) is 5.91 Å². The van der Waals surface area contributed by atoms with Crippen LogP contribution >= 0.6 is 0 Å². The molecule has 1 aliphatic rings. The van der Waals surface area contributed by atoms with E-state index < -0.39 is 0 Å². The highest BCUT2D eigenvalue weighted by atomic mass is 16.1. The normalized spacial score (nSPS) is 20.5. The van der Waals surface area contributed by atoms with Crippen LogP contribution in [0, 0.1) is 6.92 Å². The Bertz CT molecular complexity index is 386. The minimum Gasteiger partial charge on any atom is -0.350 e. The molecule has 3 nitrogen and oxygen atoms in total. The van der Waals surface area contributed by atoms with Gasteiger partial charge in [0.15, 0.2) is 0 Å². The molecule has 1 N–H and O–H groups in total. The second-order valence-electron chi connectivity index (χ2n) is 4.85. The van der Waals surface area contributed by atoms with Gasteiger partial charge >= 0.3 is 0 Å². The summed E-state index contributed by atoms with van der Waals surface area (Å²) in [6, 6.07) is 8.20. The molecule has 17 heavy (non-hydrogen) atoms. The highest BCUT2D eigenvalue weighted by Gasteiger charge is 2.21. The molecule has 0 aromatic heterocycles. The van der Waals surface area contributed by atoms with Gasteiger partial charge < -0.3 is 10.2 Å². The van der Waals surface area contributed by atoms with Crippen molar-refractivity contribution in [2.24, 2.45) is 0 Å². The van der Waals surface area contributed by atoms with E-state index in [9.17, 15) is 4.79 Å². The van der Waals surface area contributed by atoms with Crippen molar-refractivity contribution >= 4 is 5.91 Å². The minimum atomic E-state index is 0.0327. The maximum atomic E-state index is 11.9. The van der Waals surface area contributed by atoms with Gasteiger partial charge in [-0.3, -0.25) is 4.79 Å². The van der Waals surface area contributed by atoms with Crippen LogP contribution in [-0.2, 0) is 0 Å². The number of amides is 1. The molecule has 1 unspecified atom stereocenters. The highest BCUT2D eigenvalue weighted by molar-refractivity contribution is 5.94. The number of hydrogen-bond donors (Lipinski definition) is 1. The molecule has 0 radical (unpaired) electrons. The molecule has 2 rings (SSSR count). The van der Waals surface area contributed by atoms with E-state index in [0.29, 0.717) is 6.04 Å². The lowest BCUT2D eigenvalue weighted by atomic mass is 10.1. The molecule has 1 saturated heterocycles. The van der Waals surface area contributed by atoms with Gasteiger partial charge in [0.05, 0.1) is 0 Å². The first-order chi connectivity index (χ1) is 8.16. The van der Waals surface area contributed by atoms with Crippen LogP contribution in [0.25, 0.3) is 0 Å². The predicted molar refractivity (Wildman–Crippen MR) is 69.2 cm³/mol. The lowest BCUT2D eigenvalue weighted by Gasteiger charge is -2.19. The largest absolute Gasteiger partial charge is 0.350 e. The number of carbonyl (C=O) groups excluding carboxylic acids is 1. The number of likely N-dealkylation sites (N-methyl/N-ethyl adjacent to an activating group) is 1. The maximum Gasteiger partial charge on any atom is 0.251 e. The molecule has 1 aromatic carbocycles. The van der Waals surface area contributed by atoms with E-state index in [1.54, 1.807) is 0 Å². The van der Waals surface area contributed by atoms with Gasteiger partial charge in [0.1, 0.15) is 0 Å². The fourth-order valence-corrected chi connectivity index (χ4v) is 2.25. The average molecular weight is 232 g/mol. The topological polar surface area (TPSA) is 32.3 Å². The zero-order valence-electron chi connectivity index (χ0n) is 10.6.